The maximum atomic E-state index is 12.4. The Morgan fingerprint density at radius 2 is 1.84 bits per heavy atom. The maximum Gasteiger partial charge on any atom is 0.223 e. The van der Waals surface area contributed by atoms with Gasteiger partial charge in [-0.25, -0.2) is 0 Å². The summed E-state index contributed by atoms with van der Waals surface area (Å²) in [5.41, 5.74) is 0.183. The van der Waals surface area contributed by atoms with Crippen LogP contribution in [-0.2, 0) is 4.79 Å². The van der Waals surface area contributed by atoms with E-state index in [1.807, 2.05) is 0 Å². The zero-order valence-corrected chi connectivity index (χ0v) is 13.1. The summed E-state index contributed by atoms with van der Waals surface area (Å²) in [5.74, 6) is 2.44. The number of hydrogen-bond donors (Lipinski definition) is 1. The fourth-order valence-corrected chi connectivity index (χ4v) is 4.33. The number of alkyl halides is 1. The van der Waals surface area contributed by atoms with Gasteiger partial charge in [0.2, 0.25) is 5.91 Å². The zero-order chi connectivity index (χ0) is 13.9. The molecule has 0 aromatic carbocycles. The second-order valence-corrected chi connectivity index (χ2v) is 7.45. The van der Waals surface area contributed by atoms with Crippen molar-refractivity contribution in [3.8, 4) is 0 Å². The monoisotopic (exact) mass is 285 g/mol. The van der Waals surface area contributed by atoms with Gasteiger partial charge in [-0.1, -0.05) is 33.1 Å². The van der Waals surface area contributed by atoms with Crippen molar-refractivity contribution in [1.82, 2.24) is 5.32 Å². The molecular weight excluding hydrogens is 258 g/mol. The molecule has 110 valence electrons. The van der Waals surface area contributed by atoms with Gasteiger partial charge in [0.15, 0.2) is 0 Å². The third-order valence-corrected chi connectivity index (χ3v) is 5.77. The van der Waals surface area contributed by atoms with Gasteiger partial charge in [-0.05, 0) is 42.9 Å². The summed E-state index contributed by atoms with van der Waals surface area (Å²) >= 11 is 6.05. The van der Waals surface area contributed by atoms with Crippen LogP contribution in [0.25, 0.3) is 0 Å². The highest BCUT2D eigenvalue weighted by Gasteiger charge is 2.39. The van der Waals surface area contributed by atoms with Crippen LogP contribution in [0.5, 0.6) is 0 Å². The number of halogens is 1. The first-order valence-corrected chi connectivity index (χ1v) is 8.41. The molecule has 0 bridgehead atoms. The lowest BCUT2D eigenvalue weighted by atomic mass is 9.79. The van der Waals surface area contributed by atoms with E-state index in [9.17, 15) is 4.79 Å². The summed E-state index contributed by atoms with van der Waals surface area (Å²) in [7, 11) is 0. The Hall–Kier alpha value is -0.240. The Labute approximate surface area is 122 Å². The largest absolute Gasteiger partial charge is 0.356 e. The normalized spacial score (nSPS) is 34.2. The molecule has 0 saturated heterocycles. The molecule has 0 aromatic rings. The first kappa shape index (κ1) is 15.2. The Balaban J connectivity index is 1.82. The number of amides is 1. The predicted molar refractivity (Wildman–Crippen MR) is 80.3 cm³/mol. The lowest BCUT2D eigenvalue weighted by molar-refractivity contribution is -0.127. The average Bonchev–Trinajstić information content (AvgIpc) is 2.76. The fourth-order valence-electron chi connectivity index (χ4n) is 3.92. The van der Waals surface area contributed by atoms with E-state index in [1.165, 1.54) is 38.5 Å². The van der Waals surface area contributed by atoms with Gasteiger partial charge in [-0.2, -0.15) is 0 Å². The standard InChI is InChI=1S/C16H28ClNO/c1-16(2)9-5-8-14(16)15(19)18-11-13-7-4-3-6-12(13)10-17/h12-14H,3-11H2,1-2H3,(H,18,19). The smallest absolute Gasteiger partial charge is 0.223 e. The van der Waals surface area contributed by atoms with Crippen molar-refractivity contribution in [2.24, 2.45) is 23.2 Å². The lowest BCUT2D eigenvalue weighted by Crippen LogP contribution is -2.40. The molecule has 2 aliphatic carbocycles. The molecule has 0 aromatic heterocycles. The Morgan fingerprint density at radius 1 is 1.16 bits per heavy atom. The quantitative estimate of drug-likeness (QED) is 0.778. The van der Waals surface area contributed by atoms with Crippen LogP contribution in [0.3, 0.4) is 0 Å². The highest BCUT2D eigenvalue weighted by molar-refractivity contribution is 6.18. The first-order chi connectivity index (χ1) is 9.04. The van der Waals surface area contributed by atoms with E-state index >= 15 is 0 Å². The van der Waals surface area contributed by atoms with Crippen LogP contribution in [0.1, 0.15) is 58.8 Å². The van der Waals surface area contributed by atoms with Gasteiger partial charge in [-0.15, -0.1) is 11.6 Å². The summed E-state index contributed by atoms with van der Waals surface area (Å²) in [5, 5.41) is 3.22. The summed E-state index contributed by atoms with van der Waals surface area (Å²) in [4.78, 5) is 12.4. The summed E-state index contributed by atoms with van der Waals surface area (Å²) < 4.78 is 0. The van der Waals surface area contributed by atoms with Crippen LogP contribution in [0, 0.1) is 23.2 Å². The Bertz CT molecular complexity index is 316. The van der Waals surface area contributed by atoms with Crippen LogP contribution in [-0.4, -0.2) is 18.3 Å². The molecule has 3 heteroatoms. The molecule has 2 fully saturated rings. The number of carbonyl (C=O) groups excluding carboxylic acids is 1. The van der Waals surface area contributed by atoms with Gasteiger partial charge in [-0.3, -0.25) is 4.79 Å². The van der Waals surface area contributed by atoms with Gasteiger partial charge in [0.05, 0.1) is 0 Å². The SMILES string of the molecule is CC1(C)CCCC1C(=O)NCC1CCCCC1CCl. The van der Waals surface area contributed by atoms with E-state index in [0.29, 0.717) is 11.8 Å². The molecular formula is C16H28ClNO. The minimum atomic E-state index is 0.183. The van der Waals surface area contributed by atoms with Crippen molar-refractivity contribution in [2.45, 2.75) is 58.8 Å². The molecule has 1 N–H and O–H groups in total. The fraction of sp³-hybridized carbons (Fsp3) is 0.938. The van der Waals surface area contributed by atoms with E-state index in [2.05, 4.69) is 19.2 Å². The summed E-state index contributed by atoms with van der Waals surface area (Å²) in [6, 6.07) is 0. The minimum Gasteiger partial charge on any atom is -0.356 e. The first-order valence-electron chi connectivity index (χ1n) is 7.88. The van der Waals surface area contributed by atoms with Crippen LogP contribution >= 0.6 is 11.6 Å². The lowest BCUT2D eigenvalue weighted by Gasteiger charge is -2.32. The molecule has 19 heavy (non-hydrogen) atoms. The van der Waals surface area contributed by atoms with Gasteiger partial charge >= 0.3 is 0 Å². The molecule has 0 radical (unpaired) electrons. The molecule has 0 heterocycles. The van der Waals surface area contributed by atoms with Crippen molar-refractivity contribution < 1.29 is 4.79 Å². The van der Waals surface area contributed by atoms with E-state index in [1.54, 1.807) is 0 Å². The number of hydrogen-bond acceptors (Lipinski definition) is 1. The highest BCUT2D eigenvalue weighted by atomic mass is 35.5. The molecule has 2 nitrogen and oxygen atoms in total. The Morgan fingerprint density at radius 3 is 2.42 bits per heavy atom. The maximum absolute atomic E-state index is 12.4. The van der Waals surface area contributed by atoms with Gasteiger partial charge in [0, 0.05) is 18.3 Å². The van der Waals surface area contributed by atoms with Gasteiger partial charge < -0.3 is 5.32 Å². The van der Waals surface area contributed by atoms with E-state index in [4.69, 9.17) is 11.6 Å². The van der Waals surface area contributed by atoms with E-state index in [-0.39, 0.29) is 17.2 Å². The minimum absolute atomic E-state index is 0.183. The van der Waals surface area contributed by atoms with Crippen molar-refractivity contribution in [1.29, 1.82) is 0 Å². The molecule has 3 atom stereocenters. The van der Waals surface area contributed by atoms with Crippen LogP contribution in [0.2, 0.25) is 0 Å². The second-order valence-electron chi connectivity index (χ2n) is 7.14. The third kappa shape index (κ3) is 3.65. The number of rotatable bonds is 4. The number of nitrogens with one attached hydrogen (secondary N) is 1. The van der Waals surface area contributed by atoms with Crippen molar-refractivity contribution in [3.05, 3.63) is 0 Å². The second kappa shape index (κ2) is 6.47. The van der Waals surface area contributed by atoms with Gasteiger partial charge in [0.25, 0.3) is 0 Å². The van der Waals surface area contributed by atoms with Crippen molar-refractivity contribution in [3.63, 3.8) is 0 Å². The van der Waals surface area contributed by atoms with Crippen LogP contribution in [0.4, 0.5) is 0 Å². The zero-order valence-electron chi connectivity index (χ0n) is 12.4. The summed E-state index contributed by atoms with van der Waals surface area (Å²) in [6.45, 7) is 5.29. The molecule has 2 saturated carbocycles. The summed E-state index contributed by atoms with van der Waals surface area (Å²) in [6.07, 6.45) is 8.49. The van der Waals surface area contributed by atoms with Crippen molar-refractivity contribution >= 4 is 17.5 Å². The third-order valence-electron chi connectivity index (χ3n) is 5.38. The average molecular weight is 286 g/mol. The topological polar surface area (TPSA) is 29.1 Å². The van der Waals surface area contributed by atoms with E-state index in [0.717, 1.165) is 18.8 Å². The van der Waals surface area contributed by atoms with Crippen LogP contribution in [0.15, 0.2) is 0 Å². The molecule has 0 aliphatic heterocycles. The van der Waals surface area contributed by atoms with Gasteiger partial charge in [0.1, 0.15) is 0 Å². The molecule has 2 aliphatic rings. The van der Waals surface area contributed by atoms with E-state index < -0.39 is 0 Å². The highest BCUT2D eigenvalue weighted by Crippen LogP contribution is 2.42. The van der Waals surface area contributed by atoms with Crippen LogP contribution < -0.4 is 5.32 Å². The predicted octanol–water partition coefficient (Wildman–Crippen LogP) is 3.97. The molecule has 2 rings (SSSR count). The number of carbonyl (C=O) groups is 1. The Kier molecular flexibility index (Phi) is 5.16. The molecule has 0 spiro atoms. The van der Waals surface area contributed by atoms with Crippen molar-refractivity contribution in [2.75, 3.05) is 12.4 Å². The molecule has 1 amide bonds. The molecule has 3 unspecified atom stereocenters.